The van der Waals surface area contributed by atoms with Gasteiger partial charge < -0.3 is 10.2 Å². The predicted molar refractivity (Wildman–Crippen MR) is 80.5 cm³/mol. The Balaban J connectivity index is 2.05. The smallest absolute Gasteiger partial charge is 0.0596 e. The Morgan fingerprint density at radius 3 is 3.11 bits per heavy atom. The van der Waals surface area contributed by atoms with Crippen LogP contribution < -0.4 is 10.2 Å². The number of likely N-dealkylation sites (tertiary alicyclic amines) is 1. The van der Waals surface area contributed by atoms with E-state index in [1.807, 2.05) is 19.4 Å². The molecular weight excluding hydrogens is 236 g/mol. The van der Waals surface area contributed by atoms with Crippen LogP contribution in [-0.2, 0) is 6.54 Å². The number of pyridine rings is 1. The van der Waals surface area contributed by atoms with Crippen molar-refractivity contribution < 1.29 is 0 Å². The normalized spacial score (nSPS) is 19.8. The van der Waals surface area contributed by atoms with Gasteiger partial charge in [0, 0.05) is 32.4 Å². The van der Waals surface area contributed by atoms with Crippen molar-refractivity contribution in [1.29, 1.82) is 0 Å². The molecule has 19 heavy (non-hydrogen) atoms. The van der Waals surface area contributed by atoms with Gasteiger partial charge in [0.15, 0.2) is 0 Å². The molecule has 0 saturated carbocycles. The van der Waals surface area contributed by atoms with Crippen molar-refractivity contribution in [2.45, 2.75) is 32.4 Å². The van der Waals surface area contributed by atoms with Crippen LogP contribution in [0.2, 0.25) is 0 Å². The first-order valence-corrected chi connectivity index (χ1v) is 7.29. The van der Waals surface area contributed by atoms with Gasteiger partial charge in [-0.2, -0.15) is 0 Å². The van der Waals surface area contributed by atoms with E-state index in [-0.39, 0.29) is 0 Å². The summed E-state index contributed by atoms with van der Waals surface area (Å²) >= 11 is 0. The van der Waals surface area contributed by atoms with Gasteiger partial charge in [-0.15, -0.1) is 0 Å². The van der Waals surface area contributed by atoms with Crippen molar-refractivity contribution in [3.63, 3.8) is 0 Å². The highest BCUT2D eigenvalue weighted by Crippen LogP contribution is 2.22. The fourth-order valence-electron chi connectivity index (χ4n) is 3.03. The van der Waals surface area contributed by atoms with Crippen LogP contribution in [0.25, 0.3) is 0 Å². The average molecular weight is 262 g/mol. The van der Waals surface area contributed by atoms with Crippen LogP contribution >= 0.6 is 0 Å². The first-order valence-electron chi connectivity index (χ1n) is 7.29. The lowest BCUT2D eigenvalue weighted by Gasteiger charge is -2.30. The minimum absolute atomic E-state index is 0.692. The van der Waals surface area contributed by atoms with E-state index in [4.69, 9.17) is 0 Å². The third kappa shape index (κ3) is 3.45. The predicted octanol–water partition coefficient (Wildman–Crippen LogP) is 1.72. The number of likely N-dealkylation sites (N-methyl/N-ethyl adjacent to an activating group) is 2. The highest BCUT2D eigenvalue weighted by molar-refractivity contribution is 5.51. The number of anilines is 1. The maximum absolute atomic E-state index is 4.28. The number of rotatable bonds is 6. The molecule has 1 saturated heterocycles. The van der Waals surface area contributed by atoms with E-state index in [9.17, 15) is 0 Å². The Hall–Kier alpha value is -1.13. The van der Waals surface area contributed by atoms with Crippen LogP contribution in [0.15, 0.2) is 18.5 Å². The number of hydrogen-bond donors (Lipinski definition) is 1. The number of nitrogens with zero attached hydrogens (tertiary/aromatic N) is 3. The summed E-state index contributed by atoms with van der Waals surface area (Å²) < 4.78 is 0. The second kappa shape index (κ2) is 6.87. The van der Waals surface area contributed by atoms with E-state index in [2.05, 4.69) is 40.1 Å². The van der Waals surface area contributed by atoms with E-state index in [1.54, 1.807) is 0 Å². The van der Waals surface area contributed by atoms with Crippen LogP contribution in [0, 0.1) is 0 Å². The van der Waals surface area contributed by atoms with Crippen molar-refractivity contribution in [1.82, 2.24) is 15.2 Å². The number of nitrogens with one attached hydrogen (secondary N) is 1. The summed E-state index contributed by atoms with van der Waals surface area (Å²) in [6.45, 7) is 6.66. The molecule has 1 unspecified atom stereocenters. The third-order valence-corrected chi connectivity index (χ3v) is 4.06. The van der Waals surface area contributed by atoms with E-state index in [1.165, 1.54) is 30.6 Å². The molecule has 1 aromatic rings. The minimum atomic E-state index is 0.692. The Morgan fingerprint density at radius 2 is 2.37 bits per heavy atom. The summed E-state index contributed by atoms with van der Waals surface area (Å²) in [5.41, 5.74) is 2.57. The highest BCUT2D eigenvalue weighted by Gasteiger charge is 2.24. The SMILES string of the molecule is CCN1CCCC1CN(C)c1cnccc1CNC. The Kier molecular flexibility index (Phi) is 5.16. The molecule has 4 heteroatoms. The Labute approximate surface area is 116 Å². The molecular formula is C15H26N4. The molecule has 1 aliphatic rings. The van der Waals surface area contributed by atoms with E-state index in [0.717, 1.165) is 19.6 Å². The molecule has 106 valence electrons. The van der Waals surface area contributed by atoms with Crippen LogP contribution in [0.1, 0.15) is 25.3 Å². The van der Waals surface area contributed by atoms with Gasteiger partial charge in [-0.1, -0.05) is 6.92 Å². The molecule has 2 rings (SSSR count). The van der Waals surface area contributed by atoms with Crippen LogP contribution in [0.4, 0.5) is 5.69 Å². The lowest BCUT2D eigenvalue weighted by molar-refractivity contribution is 0.270. The second-order valence-electron chi connectivity index (χ2n) is 5.34. The van der Waals surface area contributed by atoms with Gasteiger partial charge in [0.2, 0.25) is 0 Å². The molecule has 2 heterocycles. The molecule has 0 bridgehead atoms. The molecule has 0 aromatic carbocycles. The zero-order valence-electron chi connectivity index (χ0n) is 12.4. The van der Waals surface area contributed by atoms with Gasteiger partial charge in [0.05, 0.1) is 11.9 Å². The molecule has 4 nitrogen and oxygen atoms in total. The summed E-state index contributed by atoms with van der Waals surface area (Å²) in [6, 6.07) is 2.80. The molecule has 1 N–H and O–H groups in total. The molecule has 1 atom stereocenters. The van der Waals surface area contributed by atoms with E-state index < -0.39 is 0 Å². The fourth-order valence-corrected chi connectivity index (χ4v) is 3.03. The summed E-state index contributed by atoms with van der Waals surface area (Å²) in [5.74, 6) is 0. The zero-order valence-corrected chi connectivity index (χ0v) is 12.4. The third-order valence-electron chi connectivity index (χ3n) is 4.06. The molecule has 0 spiro atoms. The van der Waals surface area contributed by atoms with Crippen molar-refractivity contribution >= 4 is 5.69 Å². The number of aromatic nitrogens is 1. The van der Waals surface area contributed by atoms with Crippen LogP contribution in [0.5, 0.6) is 0 Å². The fraction of sp³-hybridized carbons (Fsp3) is 0.667. The van der Waals surface area contributed by atoms with Gasteiger partial charge in [-0.25, -0.2) is 0 Å². The Morgan fingerprint density at radius 1 is 1.53 bits per heavy atom. The molecule has 1 fully saturated rings. The van der Waals surface area contributed by atoms with Crippen molar-refractivity contribution in [3.8, 4) is 0 Å². The monoisotopic (exact) mass is 262 g/mol. The maximum atomic E-state index is 4.28. The largest absolute Gasteiger partial charge is 0.372 e. The quantitative estimate of drug-likeness (QED) is 0.846. The molecule has 1 aromatic heterocycles. The van der Waals surface area contributed by atoms with E-state index in [0.29, 0.717) is 6.04 Å². The van der Waals surface area contributed by atoms with Crippen LogP contribution in [-0.4, -0.2) is 49.7 Å². The van der Waals surface area contributed by atoms with Gasteiger partial charge in [0.25, 0.3) is 0 Å². The van der Waals surface area contributed by atoms with Gasteiger partial charge in [0.1, 0.15) is 0 Å². The van der Waals surface area contributed by atoms with Crippen molar-refractivity contribution in [2.24, 2.45) is 0 Å². The summed E-state index contributed by atoms with van der Waals surface area (Å²) in [5, 5.41) is 3.23. The van der Waals surface area contributed by atoms with Gasteiger partial charge >= 0.3 is 0 Å². The average Bonchev–Trinajstić information content (AvgIpc) is 2.87. The van der Waals surface area contributed by atoms with Gasteiger partial charge in [-0.3, -0.25) is 9.88 Å². The molecule has 1 aliphatic heterocycles. The lowest BCUT2D eigenvalue weighted by Crippen LogP contribution is -2.39. The Bertz CT molecular complexity index is 393. The summed E-state index contributed by atoms with van der Waals surface area (Å²) in [6.07, 6.45) is 6.51. The topological polar surface area (TPSA) is 31.4 Å². The maximum Gasteiger partial charge on any atom is 0.0596 e. The van der Waals surface area contributed by atoms with Crippen LogP contribution in [0.3, 0.4) is 0 Å². The number of hydrogen-bond acceptors (Lipinski definition) is 4. The lowest BCUT2D eigenvalue weighted by atomic mass is 10.1. The minimum Gasteiger partial charge on any atom is -0.372 e. The second-order valence-corrected chi connectivity index (χ2v) is 5.34. The molecule has 0 radical (unpaired) electrons. The first-order chi connectivity index (χ1) is 9.26. The van der Waals surface area contributed by atoms with Crippen molar-refractivity contribution in [3.05, 3.63) is 24.0 Å². The standard InChI is InChI=1S/C15H26N4/c1-4-19-9-5-6-14(19)12-18(3)15-11-17-8-7-13(15)10-16-2/h7-8,11,14,16H,4-6,9-10,12H2,1-3H3. The molecule has 0 amide bonds. The van der Waals surface area contributed by atoms with Crippen molar-refractivity contribution in [2.75, 3.05) is 38.6 Å². The van der Waals surface area contributed by atoms with Gasteiger partial charge in [-0.05, 0) is 44.6 Å². The molecule has 0 aliphatic carbocycles. The zero-order chi connectivity index (χ0) is 13.7. The van der Waals surface area contributed by atoms with E-state index >= 15 is 0 Å². The highest BCUT2D eigenvalue weighted by atomic mass is 15.2. The first kappa shape index (κ1) is 14.3. The summed E-state index contributed by atoms with van der Waals surface area (Å²) in [4.78, 5) is 9.23. The summed E-state index contributed by atoms with van der Waals surface area (Å²) in [7, 11) is 4.17.